The molecule has 102 valence electrons. The number of thiazole rings is 1. The Balaban J connectivity index is 2.35. The molecule has 0 bridgehead atoms. The maximum absolute atomic E-state index is 11.9. The maximum Gasteiger partial charge on any atom is 0.171 e. The zero-order valence-electron chi connectivity index (χ0n) is 11.1. The molecule has 2 rings (SSSR count). The van der Waals surface area contributed by atoms with E-state index in [9.17, 15) is 4.55 Å². The Bertz CT molecular complexity index is 634. The molecule has 0 radical (unpaired) electrons. The average molecular weight is 360 g/mol. The second kappa shape index (κ2) is 5.47. The van der Waals surface area contributed by atoms with Crippen molar-refractivity contribution < 1.29 is 4.55 Å². The number of aryl methyl sites for hydroxylation is 1. The molecule has 0 fully saturated rings. The Morgan fingerprint density at radius 3 is 2.74 bits per heavy atom. The standard InChI is InChI=1S/C12H14BrN3OS2/c1-7-15-11-10(18-7)5-8(13)9(16-11)6-14-19(17)12(2,3)4/h5-6H,1-4H3. The lowest BCUT2D eigenvalue weighted by Crippen LogP contribution is -2.25. The van der Waals surface area contributed by atoms with E-state index >= 15 is 0 Å². The predicted octanol–water partition coefficient (Wildman–Crippen LogP) is 3.64. The second-order valence-corrected chi connectivity index (χ2v) is 9.03. The van der Waals surface area contributed by atoms with Crippen LogP contribution >= 0.6 is 27.3 Å². The van der Waals surface area contributed by atoms with Crippen molar-refractivity contribution in [1.29, 1.82) is 0 Å². The van der Waals surface area contributed by atoms with Gasteiger partial charge in [0.05, 0.1) is 9.71 Å². The van der Waals surface area contributed by atoms with E-state index in [0.29, 0.717) is 11.3 Å². The number of pyridine rings is 1. The van der Waals surface area contributed by atoms with E-state index in [1.807, 2.05) is 33.8 Å². The molecule has 0 amide bonds. The van der Waals surface area contributed by atoms with Crippen LogP contribution in [-0.2, 0) is 11.4 Å². The van der Waals surface area contributed by atoms with Crippen molar-refractivity contribution >= 4 is 55.2 Å². The number of halogens is 1. The Hall–Kier alpha value is -0.500. The zero-order chi connectivity index (χ0) is 14.2. The van der Waals surface area contributed by atoms with Crippen LogP contribution in [-0.4, -0.2) is 25.5 Å². The van der Waals surface area contributed by atoms with Gasteiger partial charge in [0, 0.05) is 4.47 Å². The Kier molecular flexibility index (Phi) is 4.29. The van der Waals surface area contributed by atoms with Gasteiger partial charge in [0.1, 0.15) is 28.0 Å². The minimum Gasteiger partial charge on any atom is -0.591 e. The first kappa shape index (κ1) is 14.9. The highest BCUT2D eigenvalue weighted by atomic mass is 79.9. The Morgan fingerprint density at radius 1 is 1.42 bits per heavy atom. The number of hydrogen-bond donors (Lipinski definition) is 0. The normalized spacial score (nSPS) is 14.4. The van der Waals surface area contributed by atoms with Crippen LogP contribution in [0.3, 0.4) is 0 Å². The summed E-state index contributed by atoms with van der Waals surface area (Å²) in [6.45, 7) is 7.60. The highest BCUT2D eigenvalue weighted by Crippen LogP contribution is 2.25. The SMILES string of the molecule is Cc1nc2nc(C=N[S+]([O-])C(C)(C)C)c(Br)cc2s1. The third-order valence-electron chi connectivity index (χ3n) is 2.26. The molecular weight excluding hydrogens is 346 g/mol. The van der Waals surface area contributed by atoms with Crippen LogP contribution < -0.4 is 0 Å². The summed E-state index contributed by atoms with van der Waals surface area (Å²) in [5.74, 6) is 0. The van der Waals surface area contributed by atoms with Gasteiger partial charge in [0.2, 0.25) is 0 Å². The second-order valence-electron chi connectivity index (χ2n) is 5.01. The van der Waals surface area contributed by atoms with Gasteiger partial charge in [-0.2, -0.15) is 0 Å². The van der Waals surface area contributed by atoms with Crippen LogP contribution in [0.25, 0.3) is 10.3 Å². The van der Waals surface area contributed by atoms with Crippen molar-refractivity contribution in [2.45, 2.75) is 32.4 Å². The van der Waals surface area contributed by atoms with Crippen molar-refractivity contribution in [3.8, 4) is 0 Å². The molecule has 2 aromatic heterocycles. The van der Waals surface area contributed by atoms with Crippen LogP contribution in [0.15, 0.2) is 14.9 Å². The van der Waals surface area contributed by atoms with Gasteiger partial charge in [-0.05, 0) is 49.7 Å². The van der Waals surface area contributed by atoms with E-state index < -0.39 is 11.4 Å². The Labute approximate surface area is 127 Å². The number of nitrogens with zero attached hydrogens (tertiary/aromatic N) is 3. The molecule has 0 N–H and O–H groups in total. The molecular formula is C12H14BrN3OS2. The van der Waals surface area contributed by atoms with Gasteiger partial charge >= 0.3 is 0 Å². The molecule has 0 spiro atoms. The number of rotatable bonds is 2. The molecule has 0 saturated carbocycles. The average Bonchev–Trinajstić information content (AvgIpc) is 2.63. The van der Waals surface area contributed by atoms with E-state index in [1.165, 1.54) is 0 Å². The summed E-state index contributed by atoms with van der Waals surface area (Å²) in [5, 5.41) is 0.974. The Morgan fingerprint density at radius 2 is 2.11 bits per heavy atom. The van der Waals surface area contributed by atoms with E-state index in [0.717, 1.165) is 14.2 Å². The van der Waals surface area contributed by atoms with Crippen molar-refractivity contribution in [2.24, 2.45) is 4.40 Å². The number of aromatic nitrogens is 2. The molecule has 4 nitrogen and oxygen atoms in total. The van der Waals surface area contributed by atoms with Crippen LogP contribution in [0.1, 0.15) is 31.5 Å². The fourth-order valence-electron chi connectivity index (χ4n) is 1.31. The minimum atomic E-state index is -1.28. The van der Waals surface area contributed by atoms with Crippen LogP contribution in [0.2, 0.25) is 0 Å². The lowest BCUT2D eigenvalue weighted by atomic mass is 10.3. The topological polar surface area (TPSA) is 61.2 Å². The van der Waals surface area contributed by atoms with Gasteiger partial charge in [-0.25, -0.2) is 9.97 Å². The lowest BCUT2D eigenvalue weighted by Gasteiger charge is -2.17. The molecule has 0 aromatic carbocycles. The maximum atomic E-state index is 11.9. The minimum absolute atomic E-state index is 0.371. The summed E-state index contributed by atoms with van der Waals surface area (Å²) in [6.07, 6.45) is 1.54. The predicted molar refractivity (Wildman–Crippen MR) is 85.3 cm³/mol. The first-order valence-electron chi connectivity index (χ1n) is 5.67. The summed E-state index contributed by atoms with van der Waals surface area (Å²) in [5.41, 5.74) is 1.35. The van der Waals surface area contributed by atoms with Gasteiger partial charge in [0.25, 0.3) is 0 Å². The molecule has 1 atom stereocenters. The summed E-state index contributed by atoms with van der Waals surface area (Å²) in [7, 11) is 0. The summed E-state index contributed by atoms with van der Waals surface area (Å²) < 4.78 is 17.4. The highest BCUT2D eigenvalue weighted by Gasteiger charge is 2.26. The van der Waals surface area contributed by atoms with Crippen molar-refractivity contribution in [3.63, 3.8) is 0 Å². The van der Waals surface area contributed by atoms with E-state index in [4.69, 9.17) is 0 Å². The highest BCUT2D eigenvalue weighted by molar-refractivity contribution is 9.10. The third-order valence-corrected chi connectivity index (χ3v) is 5.15. The van der Waals surface area contributed by atoms with Crippen molar-refractivity contribution in [3.05, 3.63) is 21.2 Å². The smallest absolute Gasteiger partial charge is 0.171 e. The van der Waals surface area contributed by atoms with E-state index in [2.05, 4.69) is 30.3 Å². The molecule has 2 heterocycles. The summed E-state index contributed by atoms with van der Waals surface area (Å²) in [4.78, 5) is 8.76. The van der Waals surface area contributed by atoms with Crippen LogP contribution in [0.5, 0.6) is 0 Å². The molecule has 2 aromatic rings. The molecule has 0 aliphatic rings. The molecule has 7 heteroatoms. The van der Waals surface area contributed by atoms with Gasteiger partial charge in [-0.1, -0.05) is 4.40 Å². The fourth-order valence-corrected chi connectivity index (χ4v) is 3.20. The van der Waals surface area contributed by atoms with Crippen LogP contribution in [0, 0.1) is 6.92 Å². The molecule has 1 unspecified atom stereocenters. The molecule has 19 heavy (non-hydrogen) atoms. The first-order chi connectivity index (χ1) is 8.77. The molecule has 0 aliphatic heterocycles. The fraction of sp³-hybridized carbons (Fsp3) is 0.417. The third kappa shape index (κ3) is 3.53. The lowest BCUT2D eigenvalue weighted by molar-refractivity contribution is 0.562. The molecule has 0 aliphatic carbocycles. The van der Waals surface area contributed by atoms with Gasteiger partial charge in [-0.15, -0.1) is 11.3 Å². The summed E-state index contributed by atoms with van der Waals surface area (Å²) in [6, 6.07) is 1.97. The first-order valence-corrected chi connectivity index (χ1v) is 8.39. The van der Waals surface area contributed by atoms with Crippen molar-refractivity contribution in [2.75, 3.05) is 0 Å². The van der Waals surface area contributed by atoms with E-state index in [-0.39, 0.29) is 4.75 Å². The van der Waals surface area contributed by atoms with Gasteiger partial charge in [0.15, 0.2) is 5.65 Å². The largest absolute Gasteiger partial charge is 0.591 e. The van der Waals surface area contributed by atoms with Crippen molar-refractivity contribution in [1.82, 2.24) is 9.97 Å². The zero-order valence-corrected chi connectivity index (χ0v) is 14.3. The van der Waals surface area contributed by atoms with E-state index in [1.54, 1.807) is 17.6 Å². The molecule has 0 saturated heterocycles. The number of fused-ring (bicyclic) bond motifs is 1. The van der Waals surface area contributed by atoms with Gasteiger partial charge < -0.3 is 4.55 Å². The van der Waals surface area contributed by atoms with Gasteiger partial charge in [-0.3, -0.25) is 0 Å². The quantitative estimate of drug-likeness (QED) is 0.607. The summed E-state index contributed by atoms with van der Waals surface area (Å²) >= 11 is 3.77. The number of hydrogen-bond acceptors (Lipinski definition) is 5. The monoisotopic (exact) mass is 359 g/mol. The van der Waals surface area contributed by atoms with Crippen LogP contribution in [0.4, 0.5) is 0 Å².